The van der Waals surface area contributed by atoms with E-state index >= 15 is 0 Å². The van der Waals surface area contributed by atoms with Crippen molar-refractivity contribution in [2.75, 3.05) is 17.1 Å². The van der Waals surface area contributed by atoms with Gasteiger partial charge in [0.05, 0.1) is 10.7 Å². The van der Waals surface area contributed by atoms with E-state index in [2.05, 4.69) is 0 Å². The average Bonchev–Trinajstić information content (AvgIpc) is 2.38. The smallest absolute Gasteiger partial charge is 0.265 e. The molecule has 2 rings (SSSR count). The molecule has 2 aromatic rings. The van der Waals surface area contributed by atoms with Crippen LogP contribution in [0.15, 0.2) is 47.4 Å². The number of anilines is 2. The van der Waals surface area contributed by atoms with E-state index in [4.69, 9.17) is 17.3 Å². The fraction of sp³-hybridized carbons (Fsp3) is 0.0769. The van der Waals surface area contributed by atoms with Crippen LogP contribution in [0.1, 0.15) is 0 Å². The molecule has 0 aliphatic heterocycles. The van der Waals surface area contributed by atoms with Crippen LogP contribution in [-0.2, 0) is 10.0 Å². The van der Waals surface area contributed by atoms with Crippen molar-refractivity contribution in [3.63, 3.8) is 0 Å². The minimum Gasteiger partial charge on any atom is -0.399 e. The van der Waals surface area contributed by atoms with Crippen molar-refractivity contribution in [3.8, 4) is 0 Å². The molecule has 20 heavy (non-hydrogen) atoms. The highest BCUT2D eigenvalue weighted by Crippen LogP contribution is 2.29. The number of halogens is 2. The summed E-state index contributed by atoms with van der Waals surface area (Å²) in [6.45, 7) is 0. The Hall–Kier alpha value is -1.79. The molecule has 0 aliphatic carbocycles. The highest BCUT2D eigenvalue weighted by atomic mass is 35.5. The molecule has 7 heteroatoms. The molecule has 0 saturated carbocycles. The van der Waals surface area contributed by atoms with E-state index in [1.807, 2.05) is 0 Å². The summed E-state index contributed by atoms with van der Waals surface area (Å²) in [5.41, 5.74) is 5.82. The third-order valence-electron chi connectivity index (χ3n) is 2.79. The van der Waals surface area contributed by atoms with Gasteiger partial charge in [0.2, 0.25) is 0 Å². The van der Waals surface area contributed by atoms with Crippen LogP contribution in [0, 0.1) is 5.82 Å². The molecule has 0 saturated heterocycles. The van der Waals surface area contributed by atoms with E-state index in [1.165, 1.54) is 43.4 Å². The second-order valence-electron chi connectivity index (χ2n) is 4.11. The summed E-state index contributed by atoms with van der Waals surface area (Å²) in [7, 11) is -2.69. The normalized spacial score (nSPS) is 11.3. The number of para-hydroxylation sites is 1. The fourth-order valence-corrected chi connectivity index (χ4v) is 3.44. The Kier molecular flexibility index (Phi) is 3.87. The first-order valence-corrected chi connectivity index (χ1v) is 7.44. The number of rotatable bonds is 3. The number of nitrogen functional groups attached to an aromatic ring is 1. The van der Waals surface area contributed by atoms with Gasteiger partial charge in [-0.2, -0.15) is 0 Å². The Morgan fingerprint density at radius 3 is 2.45 bits per heavy atom. The monoisotopic (exact) mass is 314 g/mol. The zero-order chi connectivity index (χ0) is 14.9. The Labute approximate surface area is 121 Å². The molecule has 0 heterocycles. The quantitative estimate of drug-likeness (QED) is 0.886. The number of sulfonamides is 1. The molecule has 0 unspecified atom stereocenters. The lowest BCUT2D eigenvalue weighted by atomic mass is 10.3. The van der Waals surface area contributed by atoms with Gasteiger partial charge < -0.3 is 5.73 Å². The lowest BCUT2D eigenvalue weighted by Gasteiger charge is -2.20. The average molecular weight is 315 g/mol. The first kappa shape index (κ1) is 14.6. The van der Waals surface area contributed by atoms with Crippen molar-refractivity contribution in [2.24, 2.45) is 0 Å². The zero-order valence-corrected chi connectivity index (χ0v) is 12.1. The Bertz CT molecular complexity index is 750. The van der Waals surface area contributed by atoms with Crippen LogP contribution in [0.3, 0.4) is 0 Å². The van der Waals surface area contributed by atoms with Gasteiger partial charge in [0.1, 0.15) is 10.7 Å². The summed E-state index contributed by atoms with van der Waals surface area (Å²) in [5, 5.41) is -0.00631. The van der Waals surface area contributed by atoms with E-state index in [-0.39, 0.29) is 15.6 Å². The molecule has 0 atom stereocenters. The van der Waals surface area contributed by atoms with Crippen molar-refractivity contribution >= 4 is 33.0 Å². The van der Waals surface area contributed by atoms with Crippen LogP contribution in [0.5, 0.6) is 0 Å². The predicted molar refractivity (Wildman–Crippen MR) is 77.9 cm³/mol. The molecule has 2 aromatic carbocycles. The Balaban J connectivity index is 2.53. The molecule has 0 amide bonds. The van der Waals surface area contributed by atoms with Crippen LogP contribution in [0.4, 0.5) is 15.8 Å². The lowest BCUT2D eigenvalue weighted by Crippen LogP contribution is -2.27. The van der Waals surface area contributed by atoms with Crippen LogP contribution < -0.4 is 10.0 Å². The molecular formula is C13H12ClFN2O2S. The number of benzene rings is 2. The third kappa shape index (κ3) is 2.57. The van der Waals surface area contributed by atoms with Crippen molar-refractivity contribution in [1.29, 1.82) is 0 Å². The Morgan fingerprint density at radius 2 is 1.85 bits per heavy atom. The predicted octanol–water partition coefficient (Wildman–Crippen LogP) is 2.89. The lowest BCUT2D eigenvalue weighted by molar-refractivity contribution is 0.590. The first-order valence-electron chi connectivity index (χ1n) is 5.62. The van der Waals surface area contributed by atoms with Gasteiger partial charge >= 0.3 is 0 Å². The van der Waals surface area contributed by atoms with E-state index in [0.29, 0.717) is 5.69 Å². The molecular weight excluding hydrogens is 303 g/mol. The molecule has 4 nitrogen and oxygen atoms in total. The topological polar surface area (TPSA) is 63.4 Å². The van der Waals surface area contributed by atoms with Gasteiger partial charge in [-0.15, -0.1) is 0 Å². The van der Waals surface area contributed by atoms with Gasteiger partial charge in [-0.25, -0.2) is 12.8 Å². The maximum Gasteiger partial charge on any atom is 0.265 e. The van der Waals surface area contributed by atoms with E-state index in [1.54, 1.807) is 6.07 Å². The van der Waals surface area contributed by atoms with Gasteiger partial charge in [0.25, 0.3) is 10.0 Å². The second-order valence-corrected chi connectivity index (χ2v) is 6.46. The zero-order valence-electron chi connectivity index (χ0n) is 10.5. The minimum atomic E-state index is -3.96. The van der Waals surface area contributed by atoms with Gasteiger partial charge in [-0.3, -0.25) is 4.31 Å². The standard InChI is InChI=1S/C13H12ClFN2O2S/c1-17(12-5-3-2-4-11(12)15)20(18,19)13-7-6-9(16)8-10(13)14/h2-8H,16H2,1H3. The van der Waals surface area contributed by atoms with Crippen molar-refractivity contribution < 1.29 is 12.8 Å². The summed E-state index contributed by atoms with van der Waals surface area (Å²) in [6.07, 6.45) is 0. The van der Waals surface area contributed by atoms with Crippen molar-refractivity contribution in [3.05, 3.63) is 53.3 Å². The first-order chi connectivity index (χ1) is 9.34. The summed E-state index contributed by atoms with van der Waals surface area (Å²) in [4.78, 5) is -0.126. The van der Waals surface area contributed by atoms with Crippen LogP contribution >= 0.6 is 11.6 Å². The van der Waals surface area contributed by atoms with Crippen LogP contribution in [-0.4, -0.2) is 15.5 Å². The van der Waals surface area contributed by atoms with Crippen molar-refractivity contribution in [1.82, 2.24) is 0 Å². The molecule has 0 radical (unpaired) electrons. The molecule has 0 fully saturated rings. The molecule has 106 valence electrons. The van der Waals surface area contributed by atoms with Gasteiger partial charge in [0, 0.05) is 12.7 Å². The Morgan fingerprint density at radius 1 is 1.20 bits per heavy atom. The van der Waals surface area contributed by atoms with E-state index in [9.17, 15) is 12.8 Å². The third-order valence-corrected chi connectivity index (χ3v) is 5.04. The summed E-state index contributed by atoms with van der Waals surface area (Å²) >= 11 is 5.91. The SMILES string of the molecule is CN(c1ccccc1F)S(=O)(=O)c1ccc(N)cc1Cl. The van der Waals surface area contributed by atoms with E-state index < -0.39 is 15.8 Å². The highest BCUT2D eigenvalue weighted by Gasteiger charge is 2.25. The summed E-state index contributed by atoms with van der Waals surface area (Å²) < 4.78 is 39.4. The molecule has 0 aliphatic rings. The molecule has 0 spiro atoms. The maximum atomic E-state index is 13.7. The highest BCUT2D eigenvalue weighted by molar-refractivity contribution is 7.93. The van der Waals surface area contributed by atoms with Crippen molar-refractivity contribution in [2.45, 2.75) is 4.90 Å². The number of hydrogen-bond donors (Lipinski definition) is 1. The maximum absolute atomic E-state index is 13.7. The fourth-order valence-electron chi connectivity index (χ4n) is 1.71. The largest absolute Gasteiger partial charge is 0.399 e. The van der Waals surface area contributed by atoms with Gasteiger partial charge in [-0.1, -0.05) is 23.7 Å². The number of nitrogens with zero attached hydrogens (tertiary/aromatic N) is 1. The van der Waals surface area contributed by atoms with Crippen LogP contribution in [0.25, 0.3) is 0 Å². The summed E-state index contributed by atoms with van der Waals surface area (Å²) in [5.74, 6) is -0.634. The molecule has 0 bridgehead atoms. The second kappa shape index (κ2) is 5.30. The molecule has 0 aromatic heterocycles. The molecule has 2 N–H and O–H groups in total. The van der Waals surface area contributed by atoms with Gasteiger partial charge in [0.15, 0.2) is 0 Å². The van der Waals surface area contributed by atoms with Crippen LogP contribution in [0.2, 0.25) is 5.02 Å². The van der Waals surface area contributed by atoms with Gasteiger partial charge in [-0.05, 0) is 30.3 Å². The number of nitrogens with two attached hydrogens (primary N) is 1. The van der Waals surface area contributed by atoms with E-state index in [0.717, 1.165) is 4.31 Å². The minimum absolute atomic E-state index is 0.00631. The summed E-state index contributed by atoms with van der Waals surface area (Å²) in [6, 6.07) is 9.65. The number of hydrogen-bond acceptors (Lipinski definition) is 3.